The monoisotopic (exact) mass is 507 g/mol. The van der Waals surface area contributed by atoms with Crippen molar-refractivity contribution < 1.29 is 17.6 Å². The van der Waals surface area contributed by atoms with Gasteiger partial charge in [0.25, 0.3) is 0 Å². The molecule has 0 radical (unpaired) electrons. The van der Waals surface area contributed by atoms with Gasteiger partial charge in [0.1, 0.15) is 11.9 Å². The first-order valence-corrected chi connectivity index (χ1v) is 13.4. The van der Waals surface area contributed by atoms with Gasteiger partial charge in [-0.1, -0.05) is 72.8 Å². The number of nitrogens with zero attached hydrogens (tertiary/aromatic N) is 2. The van der Waals surface area contributed by atoms with E-state index in [9.17, 15) is 17.6 Å². The lowest BCUT2D eigenvalue weighted by Crippen LogP contribution is -2.55. The Kier molecular flexibility index (Phi) is 8.64. The van der Waals surface area contributed by atoms with Crippen molar-refractivity contribution in [1.82, 2.24) is 14.5 Å². The third kappa shape index (κ3) is 7.10. The van der Waals surface area contributed by atoms with Gasteiger partial charge in [0.2, 0.25) is 15.9 Å². The maximum absolute atomic E-state index is 13.5. The Morgan fingerprint density at radius 1 is 0.889 bits per heavy atom. The Morgan fingerprint density at radius 3 is 2.14 bits per heavy atom. The second kappa shape index (κ2) is 12.1. The number of amides is 1. The third-order valence-electron chi connectivity index (χ3n) is 6.16. The average Bonchev–Trinajstić information content (AvgIpc) is 2.90. The summed E-state index contributed by atoms with van der Waals surface area (Å²) < 4.78 is 41.9. The summed E-state index contributed by atoms with van der Waals surface area (Å²) in [5, 5.41) is 0. The van der Waals surface area contributed by atoms with Gasteiger partial charge in [-0.3, -0.25) is 9.69 Å². The molecule has 3 aromatic rings. The van der Waals surface area contributed by atoms with Crippen molar-refractivity contribution in [2.24, 2.45) is 0 Å². The van der Waals surface area contributed by atoms with Crippen LogP contribution in [0.1, 0.15) is 11.1 Å². The Bertz CT molecular complexity index is 1260. The van der Waals surface area contributed by atoms with Gasteiger partial charge in [0.05, 0.1) is 4.90 Å². The number of carbonyl (C=O) groups is 1. The average molecular weight is 508 g/mol. The summed E-state index contributed by atoms with van der Waals surface area (Å²) in [6.07, 6.45) is 4.42. The minimum atomic E-state index is -4.01. The zero-order chi connectivity index (χ0) is 25.4. The zero-order valence-electron chi connectivity index (χ0n) is 20.0. The van der Waals surface area contributed by atoms with E-state index >= 15 is 0 Å². The van der Waals surface area contributed by atoms with Crippen LogP contribution in [-0.2, 0) is 21.2 Å². The molecule has 0 spiro atoms. The summed E-state index contributed by atoms with van der Waals surface area (Å²) in [6.45, 7) is 3.21. The summed E-state index contributed by atoms with van der Waals surface area (Å²) in [6, 6.07) is 23.0. The highest BCUT2D eigenvalue weighted by atomic mass is 32.2. The molecule has 1 fully saturated rings. The van der Waals surface area contributed by atoms with Gasteiger partial charge >= 0.3 is 0 Å². The quantitative estimate of drug-likeness (QED) is 0.481. The van der Waals surface area contributed by atoms with Crippen molar-refractivity contribution in [3.8, 4) is 0 Å². The molecule has 0 bridgehead atoms. The highest BCUT2D eigenvalue weighted by molar-refractivity contribution is 7.89. The molecule has 1 N–H and O–H groups in total. The lowest BCUT2D eigenvalue weighted by Gasteiger charge is -2.36. The van der Waals surface area contributed by atoms with E-state index in [1.165, 1.54) is 12.1 Å². The van der Waals surface area contributed by atoms with Crippen molar-refractivity contribution in [2.75, 3.05) is 32.7 Å². The maximum atomic E-state index is 13.5. The maximum Gasteiger partial charge on any atom is 0.241 e. The molecule has 1 heterocycles. The molecule has 8 heteroatoms. The number of hydrogen-bond donors (Lipinski definition) is 1. The minimum absolute atomic E-state index is 0.0789. The molecule has 1 aliphatic rings. The molecule has 1 aliphatic heterocycles. The first-order valence-electron chi connectivity index (χ1n) is 12.0. The smallest absolute Gasteiger partial charge is 0.241 e. The van der Waals surface area contributed by atoms with Crippen LogP contribution >= 0.6 is 0 Å². The lowest BCUT2D eigenvalue weighted by atomic mass is 10.1. The summed E-state index contributed by atoms with van der Waals surface area (Å²) in [4.78, 5) is 17.4. The van der Waals surface area contributed by atoms with Crippen LogP contribution in [0.3, 0.4) is 0 Å². The molecule has 1 atom stereocenters. The standard InChI is InChI=1S/C28H30FN3O3S/c29-25-13-15-26(16-14-25)36(34,35)30-27(22-24-10-5-2-6-11-24)28(33)32-20-18-31(19-21-32)17-7-12-23-8-3-1-4-9-23/h1-16,27,30H,17-22H2/b12-7+/t27-/m0/s1. The summed E-state index contributed by atoms with van der Waals surface area (Å²) >= 11 is 0. The van der Waals surface area contributed by atoms with E-state index in [4.69, 9.17) is 0 Å². The van der Waals surface area contributed by atoms with Gasteiger partial charge in [0.15, 0.2) is 0 Å². The second-order valence-electron chi connectivity index (χ2n) is 8.76. The molecule has 0 aliphatic carbocycles. The molecular weight excluding hydrogens is 477 g/mol. The van der Waals surface area contributed by atoms with Crippen LogP contribution in [0.2, 0.25) is 0 Å². The van der Waals surface area contributed by atoms with Crippen molar-refractivity contribution in [2.45, 2.75) is 17.4 Å². The van der Waals surface area contributed by atoms with Crippen LogP contribution in [0.5, 0.6) is 0 Å². The predicted octanol–water partition coefficient (Wildman–Crippen LogP) is 3.57. The van der Waals surface area contributed by atoms with Crippen molar-refractivity contribution in [3.63, 3.8) is 0 Å². The molecule has 1 amide bonds. The van der Waals surface area contributed by atoms with Gasteiger partial charge in [-0.2, -0.15) is 4.72 Å². The van der Waals surface area contributed by atoms with Crippen LogP contribution < -0.4 is 4.72 Å². The largest absolute Gasteiger partial charge is 0.339 e. The van der Waals surface area contributed by atoms with Gasteiger partial charge in [0, 0.05) is 32.7 Å². The molecule has 0 unspecified atom stereocenters. The Balaban J connectivity index is 1.41. The fourth-order valence-corrected chi connectivity index (χ4v) is 5.36. The SMILES string of the molecule is O=C([C@H](Cc1ccccc1)NS(=O)(=O)c1ccc(F)cc1)N1CCN(C/C=C/c2ccccc2)CC1. The van der Waals surface area contributed by atoms with E-state index in [2.05, 4.69) is 21.8 Å². The molecule has 6 nitrogen and oxygen atoms in total. The number of carbonyl (C=O) groups excluding carboxylic acids is 1. The molecule has 0 saturated carbocycles. The fraction of sp³-hybridized carbons (Fsp3) is 0.250. The van der Waals surface area contributed by atoms with Crippen molar-refractivity contribution >= 4 is 22.0 Å². The van der Waals surface area contributed by atoms with Crippen LogP contribution in [0.15, 0.2) is 95.9 Å². The lowest BCUT2D eigenvalue weighted by molar-refractivity contribution is -0.134. The molecule has 0 aromatic heterocycles. The molecule has 188 valence electrons. The first-order chi connectivity index (χ1) is 17.4. The van der Waals surface area contributed by atoms with Gasteiger partial charge < -0.3 is 4.90 Å². The Labute approximate surface area is 212 Å². The van der Waals surface area contributed by atoms with E-state index in [0.717, 1.165) is 29.8 Å². The van der Waals surface area contributed by atoms with Crippen LogP contribution in [-0.4, -0.2) is 62.9 Å². The Morgan fingerprint density at radius 2 is 1.50 bits per heavy atom. The summed E-state index contributed by atoms with van der Waals surface area (Å²) in [7, 11) is -4.01. The van der Waals surface area contributed by atoms with Crippen LogP contribution in [0.4, 0.5) is 4.39 Å². The van der Waals surface area contributed by atoms with E-state index < -0.39 is 21.9 Å². The highest BCUT2D eigenvalue weighted by Gasteiger charge is 2.31. The molecule has 4 rings (SSSR count). The summed E-state index contributed by atoms with van der Waals surface area (Å²) in [5.41, 5.74) is 1.99. The third-order valence-corrected chi connectivity index (χ3v) is 7.65. The molecular formula is C28H30FN3O3S. The number of benzene rings is 3. The number of sulfonamides is 1. The van der Waals surface area contributed by atoms with Crippen LogP contribution in [0.25, 0.3) is 6.08 Å². The van der Waals surface area contributed by atoms with Crippen LogP contribution in [0, 0.1) is 5.82 Å². The van der Waals surface area contributed by atoms with Crippen molar-refractivity contribution in [1.29, 1.82) is 0 Å². The topological polar surface area (TPSA) is 69.7 Å². The molecule has 36 heavy (non-hydrogen) atoms. The summed E-state index contributed by atoms with van der Waals surface area (Å²) in [5.74, 6) is -0.786. The number of nitrogens with one attached hydrogen (secondary N) is 1. The van der Waals surface area contributed by atoms with Crippen molar-refractivity contribution in [3.05, 3.63) is 108 Å². The second-order valence-corrected chi connectivity index (χ2v) is 10.5. The minimum Gasteiger partial charge on any atom is -0.339 e. The zero-order valence-corrected chi connectivity index (χ0v) is 20.8. The Hall–Kier alpha value is -3.33. The van der Waals surface area contributed by atoms with E-state index in [1.807, 2.05) is 60.7 Å². The van der Waals surface area contributed by atoms with Gasteiger partial charge in [-0.25, -0.2) is 12.8 Å². The molecule has 3 aromatic carbocycles. The van der Waals surface area contributed by atoms with E-state index in [-0.39, 0.29) is 17.2 Å². The van der Waals surface area contributed by atoms with E-state index in [1.54, 1.807) is 4.90 Å². The number of rotatable bonds is 9. The molecule has 1 saturated heterocycles. The van der Waals surface area contributed by atoms with Gasteiger partial charge in [-0.05, 0) is 41.8 Å². The number of piperazine rings is 1. The fourth-order valence-electron chi connectivity index (χ4n) is 4.17. The number of hydrogen-bond acceptors (Lipinski definition) is 4. The van der Waals surface area contributed by atoms with E-state index in [0.29, 0.717) is 26.2 Å². The predicted molar refractivity (Wildman–Crippen MR) is 139 cm³/mol. The first kappa shape index (κ1) is 25.8. The number of halogens is 1. The highest BCUT2D eigenvalue weighted by Crippen LogP contribution is 2.15. The normalized spacial score (nSPS) is 15.8. The van der Waals surface area contributed by atoms with Gasteiger partial charge in [-0.15, -0.1) is 0 Å².